The highest BCUT2D eigenvalue weighted by Gasteiger charge is 2.14. The summed E-state index contributed by atoms with van der Waals surface area (Å²) >= 11 is 5.34. The van der Waals surface area contributed by atoms with Crippen LogP contribution in [0.25, 0.3) is 0 Å². The van der Waals surface area contributed by atoms with Crippen molar-refractivity contribution < 1.29 is 4.39 Å². The maximum Gasteiger partial charge on any atom is 0.123 e. The van der Waals surface area contributed by atoms with E-state index < -0.39 is 0 Å². The van der Waals surface area contributed by atoms with Crippen LogP contribution in [0.3, 0.4) is 0 Å². The van der Waals surface area contributed by atoms with Crippen LogP contribution in [0.5, 0.6) is 0 Å². The second-order valence-electron chi connectivity index (χ2n) is 4.40. The largest absolute Gasteiger partial charge is 0.207 e. The Labute approximate surface area is 126 Å². The third kappa shape index (κ3) is 4.08. The summed E-state index contributed by atoms with van der Waals surface area (Å²) in [7, 11) is 0. The second kappa shape index (κ2) is 7.11. The number of halogens is 2. The highest BCUT2D eigenvalue weighted by Crippen LogP contribution is 2.35. The highest BCUT2D eigenvalue weighted by atomic mass is 79.9. The highest BCUT2D eigenvalue weighted by molar-refractivity contribution is 9.09. The predicted octanol–water partition coefficient (Wildman–Crippen LogP) is 5.35. The lowest BCUT2D eigenvalue weighted by molar-refractivity contribution is 0.627. The van der Waals surface area contributed by atoms with Crippen LogP contribution in [0, 0.1) is 12.7 Å². The third-order valence-electron chi connectivity index (χ3n) is 2.91. The van der Waals surface area contributed by atoms with Gasteiger partial charge in [0.05, 0.1) is 5.25 Å². The van der Waals surface area contributed by atoms with Crippen LogP contribution in [0.15, 0.2) is 48.5 Å². The number of hydrogen-bond donors (Lipinski definition) is 0. The maximum absolute atomic E-state index is 13.0. The van der Waals surface area contributed by atoms with E-state index in [4.69, 9.17) is 0 Å². The van der Waals surface area contributed by atoms with Crippen molar-refractivity contribution in [3.8, 4) is 0 Å². The summed E-state index contributed by atoms with van der Waals surface area (Å²) in [6, 6.07) is 15.4. The number of alkyl halides is 1. The van der Waals surface area contributed by atoms with E-state index in [9.17, 15) is 4.39 Å². The molecule has 100 valence electrons. The van der Waals surface area contributed by atoms with Gasteiger partial charge < -0.3 is 0 Å². The van der Waals surface area contributed by atoms with Crippen LogP contribution in [0.1, 0.15) is 21.9 Å². The lowest BCUT2D eigenvalue weighted by Gasteiger charge is -2.17. The number of aryl methyl sites for hydroxylation is 1. The second-order valence-corrected chi connectivity index (χ2v) is 6.41. The van der Waals surface area contributed by atoms with Gasteiger partial charge in [0, 0.05) is 11.1 Å². The number of rotatable bonds is 5. The van der Waals surface area contributed by atoms with E-state index in [1.54, 1.807) is 0 Å². The fourth-order valence-corrected chi connectivity index (χ4v) is 3.51. The molecule has 0 aliphatic rings. The van der Waals surface area contributed by atoms with E-state index in [0.717, 1.165) is 16.6 Å². The number of thioether (sulfide) groups is 1. The topological polar surface area (TPSA) is 0 Å². The Morgan fingerprint density at radius 3 is 2.05 bits per heavy atom. The van der Waals surface area contributed by atoms with Gasteiger partial charge in [-0.2, -0.15) is 0 Å². The SMILES string of the molecule is Cc1ccc(C(SCCBr)c2ccc(F)cc2)cc1. The lowest BCUT2D eigenvalue weighted by atomic mass is 10.0. The van der Waals surface area contributed by atoms with Crippen LogP contribution in [-0.4, -0.2) is 11.1 Å². The van der Waals surface area contributed by atoms with Crippen molar-refractivity contribution in [3.63, 3.8) is 0 Å². The molecule has 0 aliphatic carbocycles. The van der Waals surface area contributed by atoms with Gasteiger partial charge in [-0.3, -0.25) is 0 Å². The Bertz CT molecular complexity index is 462. The molecule has 0 bridgehead atoms. The molecule has 0 saturated heterocycles. The van der Waals surface area contributed by atoms with Crippen molar-refractivity contribution >= 4 is 27.7 Å². The first-order chi connectivity index (χ1) is 9.20. The first kappa shape index (κ1) is 14.6. The van der Waals surface area contributed by atoms with Gasteiger partial charge in [0.25, 0.3) is 0 Å². The molecule has 2 rings (SSSR count). The van der Waals surface area contributed by atoms with Gasteiger partial charge >= 0.3 is 0 Å². The molecule has 1 atom stereocenters. The summed E-state index contributed by atoms with van der Waals surface area (Å²) in [4.78, 5) is 0. The molecule has 0 radical (unpaired) electrons. The molecular weight excluding hydrogens is 323 g/mol. The molecule has 0 amide bonds. The van der Waals surface area contributed by atoms with Gasteiger partial charge in [-0.25, -0.2) is 4.39 Å². The van der Waals surface area contributed by atoms with E-state index in [0.29, 0.717) is 0 Å². The summed E-state index contributed by atoms with van der Waals surface area (Å²) in [5.74, 6) is 0.840. The average Bonchev–Trinajstić information content (AvgIpc) is 2.43. The zero-order valence-electron chi connectivity index (χ0n) is 10.8. The Balaban J connectivity index is 2.29. The van der Waals surface area contributed by atoms with Gasteiger partial charge in [-0.05, 0) is 30.2 Å². The van der Waals surface area contributed by atoms with E-state index >= 15 is 0 Å². The van der Waals surface area contributed by atoms with Crippen molar-refractivity contribution in [3.05, 3.63) is 71.0 Å². The molecule has 1 unspecified atom stereocenters. The molecule has 0 spiro atoms. The average molecular weight is 339 g/mol. The molecule has 0 nitrogen and oxygen atoms in total. The smallest absolute Gasteiger partial charge is 0.123 e. The minimum atomic E-state index is -0.183. The third-order valence-corrected chi connectivity index (χ3v) is 5.15. The number of hydrogen-bond acceptors (Lipinski definition) is 1. The van der Waals surface area contributed by atoms with E-state index in [2.05, 4.69) is 47.1 Å². The molecule has 2 aromatic carbocycles. The fourth-order valence-electron chi connectivity index (χ4n) is 1.93. The first-order valence-electron chi connectivity index (χ1n) is 6.20. The predicted molar refractivity (Wildman–Crippen MR) is 85.7 cm³/mol. The van der Waals surface area contributed by atoms with Crippen LogP contribution in [0.4, 0.5) is 4.39 Å². The quantitative estimate of drug-likeness (QED) is 0.662. The summed E-state index contributed by atoms with van der Waals surface area (Å²) in [6.45, 7) is 2.09. The minimum absolute atomic E-state index is 0.183. The van der Waals surface area contributed by atoms with Gasteiger partial charge in [0.15, 0.2) is 0 Å². The van der Waals surface area contributed by atoms with Crippen molar-refractivity contribution in [2.24, 2.45) is 0 Å². The summed E-state index contributed by atoms with van der Waals surface area (Å²) in [6.07, 6.45) is 0. The van der Waals surface area contributed by atoms with E-state index in [-0.39, 0.29) is 11.1 Å². The van der Waals surface area contributed by atoms with Gasteiger partial charge in [-0.1, -0.05) is 57.9 Å². The van der Waals surface area contributed by atoms with Crippen molar-refractivity contribution in [1.82, 2.24) is 0 Å². The van der Waals surface area contributed by atoms with Crippen LogP contribution < -0.4 is 0 Å². The zero-order chi connectivity index (χ0) is 13.7. The molecule has 3 heteroatoms. The molecule has 0 aromatic heterocycles. The van der Waals surface area contributed by atoms with Gasteiger partial charge in [0.1, 0.15) is 5.82 Å². The fraction of sp³-hybridized carbons (Fsp3) is 0.250. The normalized spacial score (nSPS) is 12.4. The van der Waals surface area contributed by atoms with Crippen molar-refractivity contribution in [1.29, 1.82) is 0 Å². The lowest BCUT2D eigenvalue weighted by Crippen LogP contribution is -1.99. The summed E-state index contributed by atoms with van der Waals surface area (Å²) < 4.78 is 13.0. The minimum Gasteiger partial charge on any atom is -0.207 e. The van der Waals surface area contributed by atoms with E-state index in [1.807, 2.05) is 23.9 Å². The van der Waals surface area contributed by atoms with E-state index in [1.165, 1.54) is 23.3 Å². The molecule has 0 heterocycles. The van der Waals surface area contributed by atoms with Crippen molar-refractivity contribution in [2.75, 3.05) is 11.1 Å². The molecule has 0 aliphatic heterocycles. The molecule has 0 saturated carbocycles. The molecule has 19 heavy (non-hydrogen) atoms. The number of benzene rings is 2. The monoisotopic (exact) mass is 338 g/mol. The van der Waals surface area contributed by atoms with Crippen LogP contribution in [-0.2, 0) is 0 Å². The Kier molecular flexibility index (Phi) is 5.46. The summed E-state index contributed by atoms with van der Waals surface area (Å²) in [5.41, 5.74) is 3.67. The standard InChI is InChI=1S/C16H16BrFS/c1-12-2-4-13(5-3-12)16(19-11-10-17)14-6-8-15(18)9-7-14/h2-9,16H,10-11H2,1H3. The first-order valence-corrected chi connectivity index (χ1v) is 8.37. The van der Waals surface area contributed by atoms with Crippen LogP contribution in [0.2, 0.25) is 0 Å². The molecule has 0 N–H and O–H groups in total. The summed E-state index contributed by atoms with van der Waals surface area (Å²) in [5, 5.41) is 1.22. The van der Waals surface area contributed by atoms with Crippen molar-refractivity contribution in [2.45, 2.75) is 12.2 Å². The maximum atomic E-state index is 13.0. The van der Waals surface area contributed by atoms with Gasteiger partial charge in [0.2, 0.25) is 0 Å². The Morgan fingerprint density at radius 1 is 1.00 bits per heavy atom. The van der Waals surface area contributed by atoms with Crippen LogP contribution >= 0.6 is 27.7 Å². The molecule has 2 aromatic rings. The van der Waals surface area contributed by atoms with Gasteiger partial charge in [-0.15, -0.1) is 11.8 Å². The Morgan fingerprint density at radius 2 is 1.53 bits per heavy atom. The molecule has 0 fully saturated rings. The molecular formula is C16H16BrFS. The Hall–Kier alpha value is -0.800. The zero-order valence-corrected chi connectivity index (χ0v) is 13.2.